The molecule has 0 spiro atoms. The van der Waals surface area contributed by atoms with E-state index < -0.39 is 0 Å². The second kappa shape index (κ2) is 7.62. The van der Waals surface area contributed by atoms with Crippen LogP contribution in [0.25, 0.3) is 28.7 Å². The Bertz CT molecular complexity index is 910. The second-order valence-electron chi connectivity index (χ2n) is 6.27. The van der Waals surface area contributed by atoms with Gasteiger partial charge in [0, 0.05) is 23.2 Å². The van der Waals surface area contributed by atoms with Gasteiger partial charge >= 0.3 is 0 Å². The van der Waals surface area contributed by atoms with Crippen molar-refractivity contribution in [3.63, 3.8) is 0 Å². The fraction of sp³-hybridized carbons (Fsp3) is 0.190. The van der Waals surface area contributed by atoms with Gasteiger partial charge in [-0.05, 0) is 54.6 Å². The summed E-state index contributed by atoms with van der Waals surface area (Å²) in [6.07, 6.45) is 3.38. The van der Waals surface area contributed by atoms with Crippen LogP contribution in [0.15, 0.2) is 54.6 Å². The van der Waals surface area contributed by atoms with Crippen molar-refractivity contribution in [2.75, 3.05) is 6.61 Å². The zero-order chi connectivity index (χ0) is 18.7. The van der Waals surface area contributed by atoms with Crippen molar-refractivity contribution in [1.29, 1.82) is 0 Å². The average molecular weight is 354 g/mol. The summed E-state index contributed by atoms with van der Waals surface area (Å²) < 4.78 is 28.6. The van der Waals surface area contributed by atoms with Crippen molar-refractivity contribution in [2.45, 2.75) is 19.8 Å². The molecular formula is C21H20F2N2O. The highest BCUT2D eigenvalue weighted by atomic mass is 19.1. The molecule has 0 radical (unpaired) electrons. The first-order valence-corrected chi connectivity index (χ1v) is 8.42. The first-order chi connectivity index (χ1) is 12.5. The Morgan fingerprint density at radius 1 is 0.962 bits per heavy atom. The van der Waals surface area contributed by atoms with Gasteiger partial charge in [-0.3, -0.25) is 0 Å². The number of aromatic nitrogens is 2. The first kappa shape index (κ1) is 18.0. The predicted molar refractivity (Wildman–Crippen MR) is 99.5 cm³/mol. The molecule has 0 saturated heterocycles. The van der Waals surface area contributed by atoms with Crippen molar-refractivity contribution >= 4 is 6.20 Å². The van der Waals surface area contributed by atoms with E-state index in [0.717, 1.165) is 22.6 Å². The Morgan fingerprint density at radius 3 is 2.00 bits per heavy atom. The summed E-state index contributed by atoms with van der Waals surface area (Å²) in [5.74, 6) is 0.277. The molecule has 3 rings (SSSR count). The van der Waals surface area contributed by atoms with Gasteiger partial charge in [-0.25, -0.2) is 13.8 Å². The number of nitrogens with zero attached hydrogens (tertiary/aromatic N) is 2. The van der Waals surface area contributed by atoms with E-state index in [1.807, 2.05) is 18.4 Å². The van der Waals surface area contributed by atoms with Gasteiger partial charge in [0.05, 0.1) is 18.0 Å². The monoisotopic (exact) mass is 354 g/mol. The molecule has 3 nitrogen and oxygen atoms in total. The van der Waals surface area contributed by atoms with Crippen LogP contribution in [-0.2, 0) is 0 Å². The molecule has 0 atom stereocenters. The van der Waals surface area contributed by atoms with E-state index in [-0.39, 0.29) is 24.2 Å². The summed E-state index contributed by atoms with van der Waals surface area (Å²) >= 11 is 0. The molecule has 0 aliphatic heterocycles. The summed E-state index contributed by atoms with van der Waals surface area (Å²) in [5.41, 5.74) is 3.00. The molecule has 0 fully saturated rings. The Morgan fingerprint density at radius 2 is 1.50 bits per heavy atom. The first-order valence-electron chi connectivity index (χ1n) is 8.42. The maximum Gasteiger partial charge on any atom is 0.123 e. The standard InChI is InChI=1S/C21H20F2N2O/c1-14(2)21-24-19(15-4-8-17(22)9-5-15)20(25(21)12-3-13-26)16-6-10-18(23)11-7-16/h3-12,14,26H,13H2,1-2H3. The molecule has 3 aromatic rings. The molecule has 0 aliphatic carbocycles. The third-order valence-electron chi connectivity index (χ3n) is 4.05. The highest BCUT2D eigenvalue weighted by Gasteiger charge is 2.20. The van der Waals surface area contributed by atoms with Crippen LogP contribution in [0.3, 0.4) is 0 Å². The highest BCUT2D eigenvalue weighted by molar-refractivity contribution is 5.80. The number of aliphatic hydroxyl groups excluding tert-OH is 1. The molecule has 0 saturated carbocycles. The molecule has 26 heavy (non-hydrogen) atoms. The van der Waals surface area contributed by atoms with E-state index in [0.29, 0.717) is 5.69 Å². The predicted octanol–water partition coefficient (Wildman–Crippen LogP) is 5.08. The van der Waals surface area contributed by atoms with E-state index in [2.05, 4.69) is 0 Å². The topological polar surface area (TPSA) is 38.0 Å². The number of halogens is 2. The van der Waals surface area contributed by atoms with Gasteiger partial charge in [0.15, 0.2) is 0 Å². The highest BCUT2D eigenvalue weighted by Crippen LogP contribution is 2.35. The molecule has 5 heteroatoms. The summed E-state index contributed by atoms with van der Waals surface area (Å²) in [6, 6.07) is 12.3. The number of hydrogen-bond donors (Lipinski definition) is 1. The van der Waals surface area contributed by atoms with E-state index in [4.69, 9.17) is 4.98 Å². The largest absolute Gasteiger partial charge is 0.392 e. The third kappa shape index (κ3) is 3.58. The fourth-order valence-corrected chi connectivity index (χ4v) is 2.85. The average Bonchev–Trinajstić information content (AvgIpc) is 3.01. The zero-order valence-corrected chi connectivity index (χ0v) is 14.7. The smallest absolute Gasteiger partial charge is 0.123 e. The molecule has 1 N–H and O–H groups in total. The minimum absolute atomic E-state index is 0.107. The molecule has 0 aliphatic rings. The van der Waals surface area contributed by atoms with E-state index in [9.17, 15) is 13.9 Å². The van der Waals surface area contributed by atoms with Crippen molar-refractivity contribution in [1.82, 2.24) is 9.55 Å². The SMILES string of the molecule is CC(C)c1nc(-c2ccc(F)cc2)c(-c2ccc(F)cc2)n1C=CCO. The number of rotatable bonds is 5. The van der Waals surface area contributed by atoms with Crippen LogP contribution in [0.2, 0.25) is 0 Å². The number of imidazole rings is 1. The van der Waals surface area contributed by atoms with Crippen LogP contribution in [-0.4, -0.2) is 21.3 Å². The number of hydrogen-bond acceptors (Lipinski definition) is 2. The molecule has 0 amide bonds. The summed E-state index contributed by atoms with van der Waals surface area (Å²) in [4.78, 5) is 4.78. The minimum Gasteiger partial charge on any atom is -0.392 e. The van der Waals surface area contributed by atoms with Gasteiger partial charge in [-0.15, -0.1) is 0 Å². The van der Waals surface area contributed by atoms with E-state index in [1.54, 1.807) is 36.5 Å². The van der Waals surface area contributed by atoms with Crippen LogP contribution < -0.4 is 0 Å². The maximum atomic E-state index is 13.4. The Hall–Kier alpha value is -2.79. The Balaban J connectivity index is 2.30. The van der Waals surface area contributed by atoms with Crippen LogP contribution in [0.1, 0.15) is 25.6 Å². The van der Waals surface area contributed by atoms with Gasteiger partial charge in [0.2, 0.25) is 0 Å². The fourth-order valence-electron chi connectivity index (χ4n) is 2.85. The van der Waals surface area contributed by atoms with E-state index in [1.165, 1.54) is 24.3 Å². The van der Waals surface area contributed by atoms with Gasteiger partial charge in [-0.1, -0.05) is 13.8 Å². The van der Waals surface area contributed by atoms with Crippen LogP contribution in [0, 0.1) is 11.6 Å². The van der Waals surface area contributed by atoms with E-state index >= 15 is 0 Å². The summed E-state index contributed by atoms with van der Waals surface area (Å²) in [7, 11) is 0. The molecule has 0 bridgehead atoms. The van der Waals surface area contributed by atoms with Crippen molar-refractivity contribution in [3.05, 3.63) is 72.1 Å². The lowest BCUT2D eigenvalue weighted by Crippen LogP contribution is -2.01. The van der Waals surface area contributed by atoms with Crippen LogP contribution in [0.5, 0.6) is 0 Å². The second-order valence-corrected chi connectivity index (χ2v) is 6.27. The molecule has 1 aromatic heterocycles. The lowest BCUT2D eigenvalue weighted by molar-refractivity contribution is 0.343. The number of benzene rings is 2. The number of aliphatic hydroxyl groups is 1. The minimum atomic E-state index is -0.321. The lowest BCUT2D eigenvalue weighted by atomic mass is 10.0. The maximum absolute atomic E-state index is 13.4. The van der Waals surface area contributed by atoms with Gasteiger partial charge in [-0.2, -0.15) is 0 Å². The normalized spacial score (nSPS) is 11.6. The van der Waals surface area contributed by atoms with Crippen molar-refractivity contribution in [2.24, 2.45) is 0 Å². The van der Waals surface area contributed by atoms with Gasteiger partial charge in [0.1, 0.15) is 17.5 Å². The van der Waals surface area contributed by atoms with Gasteiger partial charge in [0.25, 0.3) is 0 Å². The van der Waals surface area contributed by atoms with Gasteiger partial charge < -0.3 is 9.67 Å². The Kier molecular flexibility index (Phi) is 5.28. The van der Waals surface area contributed by atoms with Crippen LogP contribution in [0.4, 0.5) is 8.78 Å². The molecule has 0 unspecified atom stereocenters. The zero-order valence-electron chi connectivity index (χ0n) is 14.7. The summed E-state index contributed by atoms with van der Waals surface area (Å²) in [6.45, 7) is 3.94. The molecule has 2 aromatic carbocycles. The molecule has 134 valence electrons. The van der Waals surface area contributed by atoms with Crippen molar-refractivity contribution < 1.29 is 13.9 Å². The third-order valence-corrected chi connectivity index (χ3v) is 4.05. The van der Waals surface area contributed by atoms with Crippen molar-refractivity contribution in [3.8, 4) is 22.5 Å². The molecule has 1 heterocycles. The van der Waals surface area contributed by atoms with Crippen LogP contribution >= 0.6 is 0 Å². The summed E-state index contributed by atoms with van der Waals surface area (Å²) in [5, 5.41) is 9.20. The quantitative estimate of drug-likeness (QED) is 0.694. The molecular weight excluding hydrogens is 334 g/mol. The Labute approximate surface area is 151 Å². The lowest BCUT2D eigenvalue weighted by Gasteiger charge is -2.10.